The second-order valence-electron chi connectivity index (χ2n) is 5.20. The van der Waals surface area contributed by atoms with Gasteiger partial charge >= 0.3 is 5.97 Å². The zero-order valence-electron chi connectivity index (χ0n) is 12.1. The van der Waals surface area contributed by atoms with Crippen LogP contribution in [0.15, 0.2) is 18.3 Å². The lowest BCUT2D eigenvalue weighted by Gasteiger charge is -2.09. The number of carboxylic acid groups (broad SMARTS) is 1. The van der Waals surface area contributed by atoms with E-state index in [1.165, 1.54) is 0 Å². The molecule has 0 aliphatic rings. The minimum atomic E-state index is -0.858. The third kappa shape index (κ3) is 2.56. The molecule has 20 heavy (non-hydrogen) atoms. The molecule has 0 aliphatic carbocycles. The van der Waals surface area contributed by atoms with Gasteiger partial charge in [0.2, 0.25) is 0 Å². The second kappa shape index (κ2) is 6.09. The molecule has 0 aliphatic heterocycles. The molecule has 0 bridgehead atoms. The van der Waals surface area contributed by atoms with Crippen LogP contribution in [0.5, 0.6) is 0 Å². The fraction of sp³-hybridized carbons (Fsp3) is 0.438. The van der Waals surface area contributed by atoms with Gasteiger partial charge in [0.05, 0.1) is 11.1 Å². The van der Waals surface area contributed by atoms with Crippen LogP contribution < -0.4 is 5.73 Å². The molecule has 3 N–H and O–H groups in total. The lowest BCUT2D eigenvalue weighted by atomic mass is 10.0. The molecule has 0 atom stereocenters. The number of aromatic carboxylic acids is 1. The predicted octanol–water partition coefficient (Wildman–Crippen LogP) is 2.95. The summed E-state index contributed by atoms with van der Waals surface area (Å²) in [5, 5.41) is 10.5. The van der Waals surface area contributed by atoms with E-state index in [0.29, 0.717) is 12.1 Å². The van der Waals surface area contributed by atoms with Crippen molar-refractivity contribution in [1.29, 1.82) is 0 Å². The number of nitrogens with two attached hydrogens (primary N) is 1. The van der Waals surface area contributed by atoms with Crippen molar-refractivity contribution in [3.63, 3.8) is 0 Å². The molecular weight excluding hydrogens is 252 g/mol. The third-order valence-electron chi connectivity index (χ3n) is 3.71. The predicted molar refractivity (Wildman–Crippen MR) is 81.3 cm³/mol. The summed E-state index contributed by atoms with van der Waals surface area (Å²) in [6, 6.07) is 3.90. The zero-order valence-corrected chi connectivity index (χ0v) is 12.1. The number of benzene rings is 1. The quantitative estimate of drug-likeness (QED) is 0.851. The van der Waals surface area contributed by atoms with Crippen LogP contribution in [0.2, 0.25) is 0 Å². The van der Waals surface area contributed by atoms with E-state index >= 15 is 0 Å². The Hall–Kier alpha value is -1.81. The summed E-state index contributed by atoms with van der Waals surface area (Å²) in [7, 11) is 0. The topological polar surface area (TPSA) is 68.2 Å². The summed E-state index contributed by atoms with van der Waals surface area (Å²) in [5.41, 5.74) is 8.87. The van der Waals surface area contributed by atoms with E-state index in [4.69, 9.17) is 5.73 Å². The molecule has 108 valence electrons. The standard InChI is InChI=1S/C16H22N2O2/c1-3-4-9-18-10-12(7-8-17)13-6-5-11(2)14(15(13)18)16(19)20/h5-6,10H,3-4,7-9,17H2,1-2H3,(H,19,20). The Morgan fingerprint density at radius 3 is 2.75 bits per heavy atom. The zero-order chi connectivity index (χ0) is 14.7. The first-order chi connectivity index (χ1) is 9.60. The van der Waals surface area contributed by atoms with Crippen LogP contribution >= 0.6 is 0 Å². The smallest absolute Gasteiger partial charge is 0.338 e. The van der Waals surface area contributed by atoms with Crippen molar-refractivity contribution < 1.29 is 9.90 Å². The minimum Gasteiger partial charge on any atom is -0.478 e. The van der Waals surface area contributed by atoms with Crippen molar-refractivity contribution in [2.24, 2.45) is 5.73 Å². The van der Waals surface area contributed by atoms with Crippen molar-refractivity contribution in [2.45, 2.75) is 39.7 Å². The highest BCUT2D eigenvalue weighted by atomic mass is 16.4. The maximum Gasteiger partial charge on any atom is 0.338 e. The van der Waals surface area contributed by atoms with Crippen molar-refractivity contribution in [3.8, 4) is 0 Å². The second-order valence-corrected chi connectivity index (χ2v) is 5.20. The summed E-state index contributed by atoms with van der Waals surface area (Å²) >= 11 is 0. The molecular formula is C16H22N2O2. The van der Waals surface area contributed by atoms with E-state index in [2.05, 4.69) is 17.7 Å². The van der Waals surface area contributed by atoms with Crippen molar-refractivity contribution in [2.75, 3.05) is 6.54 Å². The fourth-order valence-corrected chi connectivity index (χ4v) is 2.70. The normalized spacial score (nSPS) is 11.2. The first kappa shape index (κ1) is 14.6. The monoisotopic (exact) mass is 274 g/mol. The van der Waals surface area contributed by atoms with Gasteiger partial charge in [-0.2, -0.15) is 0 Å². The van der Waals surface area contributed by atoms with Crippen LogP contribution in [0.1, 0.15) is 41.3 Å². The number of fused-ring (bicyclic) bond motifs is 1. The van der Waals surface area contributed by atoms with Gasteiger partial charge in [-0.25, -0.2) is 4.79 Å². The number of carbonyl (C=O) groups is 1. The number of carboxylic acids is 1. The number of unbranched alkanes of at least 4 members (excludes halogenated alkanes) is 1. The first-order valence-corrected chi connectivity index (χ1v) is 7.14. The lowest BCUT2D eigenvalue weighted by molar-refractivity contribution is 0.0698. The molecule has 2 rings (SSSR count). The SMILES string of the molecule is CCCCn1cc(CCN)c2ccc(C)c(C(=O)O)c21. The van der Waals surface area contributed by atoms with Gasteiger partial charge in [-0.05, 0) is 37.4 Å². The average Bonchev–Trinajstić information content (AvgIpc) is 2.74. The number of nitrogens with zero attached hydrogens (tertiary/aromatic N) is 1. The largest absolute Gasteiger partial charge is 0.478 e. The van der Waals surface area contributed by atoms with Gasteiger partial charge in [0, 0.05) is 18.1 Å². The van der Waals surface area contributed by atoms with Crippen LogP contribution in [-0.2, 0) is 13.0 Å². The average molecular weight is 274 g/mol. The molecule has 0 saturated heterocycles. The van der Waals surface area contributed by atoms with Gasteiger partial charge < -0.3 is 15.4 Å². The highest BCUT2D eigenvalue weighted by Crippen LogP contribution is 2.28. The van der Waals surface area contributed by atoms with Crippen LogP contribution in [-0.4, -0.2) is 22.2 Å². The number of hydrogen-bond donors (Lipinski definition) is 2. The van der Waals surface area contributed by atoms with E-state index in [0.717, 1.165) is 47.8 Å². The van der Waals surface area contributed by atoms with Crippen molar-refractivity contribution in [1.82, 2.24) is 4.57 Å². The van der Waals surface area contributed by atoms with Crippen LogP contribution in [0.3, 0.4) is 0 Å². The molecule has 4 heteroatoms. The number of aromatic nitrogens is 1. The summed E-state index contributed by atoms with van der Waals surface area (Å²) in [4.78, 5) is 11.6. The Morgan fingerprint density at radius 1 is 1.40 bits per heavy atom. The van der Waals surface area contributed by atoms with E-state index in [1.807, 2.05) is 19.1 Å². The maximum absolute atomic E-state index is 11.6. The Kier molecular flexibility index (Phi) is 4.45. The summed E-state index contributed by atoms with van der Waals surface area (Å²) in [6.45, 7) is 5.41. The van der Waals surface area contributed by atoms with E-state index in [-0.39, 0.29) is 0 Å². The molecule has 0 amide bonds. The summed E-state index contributed by atoms with van der Waals surface area (Å²) < 4.78 is 2.08. The first-order valence-electron chi connectivity index (χ1n) is 7.14. The Bertz CT molecular complexity index is 629. The number of hydrogen-bond acceptors (Lipinski definition) is 2. The molecule has 0 fully saturated rings. The van der Waals surface area contributed by atoms with E-state index < -0.39 is 5.97 Å². The highest BCUT2D eigenvalue weighted by Gasteiger charge is 2.18. The van der Waals surface area contributed by atoms with Crippen molar-refractivity contribution >= 4 is 16.9 Å². The van der Waals surface area contributed by atoms with Crippen molar-refractivity contribution in [3.05, 3.63) is 35.0 Å². The fourth-order valence-electron chi connectivity index (χ4n) is 2.70. The summed E-state index contributed by atoms with van der Waals surface area (Å²) in [5.74, 6) is -0.858. The van der Waals surface area contributed by atoms with Crippen LogP contribution in [0.25, 0.3) is 10.9 Å². The number of aryl methyl sites for hydroxylation is 2. The molecule has 1 aromatic heterocycles. The van der Waals surface area contributed by atoms with Gasteiger partial charge in [-0.3, -0.25) is 0 Å². The Labute approximate surface area is 119 Å². The molecule has 0 radical (unpaired) electrons. The van der Waals surface area contributed by atoms with Gasteiger partial charge in [-0.1, -0.05) is 25.5 Å². The highest BCUT2D eigenvalue weighted by molar-refractivity contribution is 6.04. The molecule has 2 aromatic rings. The Balaban J connectivity index is 2.69. The molecule has 4 nitrogen and oxygen atoms in total. The molecule has 0 spiro atoms. The third-order valence-corrected chi connectivity index (χ3v) is 3.71. The van der Waals surface area contributed by atoms with E-state index in [1.54, 1.807) is 0 Å². The van der Waals surface area contributed by atoms with Crippen LogP contribution in [0.4, 0.5) is 0 Å². The number of rotatable bonds is 6. The van der Waals surface area contributed by atoms with Gasteiger partial charge in [0.25, 0.3) is 0 Å². The maximum atomic E-state index is 11.6. The van der Waals surface area contributed by atoms with E-state index in [9.17, 15) is 9.90 Å². The molecule has 1 heterocycles. The van der Waals surface area contributed by atoms with Crippen LogP contribution in [0, 0.1) is 6.92 Å². The minimum absolute atomic E-state index is 0.418. The van der Waals surface area contributed by atoms with Gasteiger partial charge in [0.1, 0.15) is 0 Å². The summed E-state index contributed by atoms with van der Waals surface area (Å²) in [6.07, 6.45) is 4.97. The van der Waals surface area contributed by atoms with Gasteiger partial charge in [0.15, 0.2) is 0 Å². The van der Waals surface area contributed by atoms with Gasteiger partial charge in [-0.15, -0.1) is 0 Å². The molecule has 0 saturated carbocycles. The molecule has 1 aromatic carbocycles. The Morgan fingerprint density at radius 2 is 2.15 bits per heavy atom. The lowest BCUT2D eigenvalue weighted by Crippen LogP contribution is -2.05. The molecule has 0 unspecified atom stereocenters.